The number of benzene rings is 2. The van der Waals surface area contributed by atoms with Gasteiger partial charge in [0.15, 0.2) is 5.96 Å². The van der Waals surface area contributed by atoms with Crippen LogP contribution in [0.2, 0.25) is 0 Å². The summed E-state index contributed by atoms with van der Waals surface area (Å²) in [6, 6.07) is 16.8. The third kappa shape index (κ3) is 7.24. The third-order valence-corrected chi connectivity index (χ3v) is 5.75. The maximum absolute atomic E-state index is 6.13. The molecule has 1 aliphatic heterocycles. The molecule has 2 atom stereocenters. The number of nitrogens with zero attached hydrogens (tertiary/aromatic N) is 1. The van der Waals surface area contributed by atoms with E-state index in [2.05, 4.69) is 65.0 Å². The minimum absolute atomic E-state index is 0.125. The minimum Gasteiger partial charge on any atom is -0.493 e. The van der Waals surface area contributed by atoms with Crippen molar-refractivity contribution >= 4 is 5.96 Å². The van der Waals surface area contributed by atoms with Gasteiger partial charge in [-0.05, 0) is 37.0 Å². The summed E-state index contributed by atoms with van der Waals surface area (Å²) < 4.78 is 17.2. The van der Waals surface area contributed by atoms with E-state index in [1.54, 1.807) is 14.2 Å². The molecule has 2 aromatic rings. The highest BCUT2D eigenvalue weighted by Crippen LogP contribution is 2.33. The van der Waals surface area contributed by atoms with Crippen LogP contribution >= 0.6 is 0 Å². The predicted molar refractivity (Wildman–Crippen MR) is 129 cm³/mol. The smallest absolute Gasteiger partial charge is 0.191 e. The molecule has 0 radical (unpaired) electrons. The molecular formula is C26H37N3O3. The lowest BCUT2D eigenvalue weighted by molar-refractivity contribution is -0.0265. The number of aliphatic imine (C=N–C) groups is 1. The lowest BCUT2D eigenvalue weighted by Crippen LogP contribution is -2.41. The standard InChI is InChI=1S/C26H37N3O3/c1-20-12-13-22(24(17-20)31-16-8-14-30-3)18-28-26(27-2)29-19-23-11-7-15-32-25(23)21-9-5-4-6-10-21/h4-6,9-10,12-13,17,23,25H,7-8,11,14-16,18-19H2,1-3H3,(H2,27,28,29). The summed E-state index contributed by atoms with van der Waals surface area (Å²) in [5, 5.41) is 6.94. The monoisotopic (exact) mass is 439 g/mol. The Labute approximate surface area is 192 Å². The molecule has 174 valence electrons. The second-order valence-corrected chi connectivity index (χ2v) is 8.22. The van der Waals surface area contributed by atoms with Gasteiger partial charge in [0.25, 0.3) is 0 Å². The quantitative estimate of drug-likeness (QED) is 0.329. The van der Waals surface area contributed by atoms with Crippen molar-refractivity contribution < 1.29 is 14.2 Å². The van der Waals surface area contributed by atoms with E-state index in [0.717, 1.165) is 49.7 Å². The molecule has 3 rings (SSSR count). The molecule has 1 aliphatic rings. The van der Waals surface area contributed by atoms with Crippen LogP contribution in [-0.4, -0.2) is 46.5 Å². The van der Waals surface area contributed by atoms with Gasteiger partial charge in [-0.15, -0.1) is 0 Å². The van der Waals surface area contributed by atoms with Gasteiger partial charge in [0.2, 0.25) is 0 Å². The van der Waals surface area contributed by atoms with Gasteiger partial charge in [0.1, 0.15) is 5.75 Å². The Bertz CT molecular complexity index is 841. The number of methoxy groups -OCH3 is 1. The number of ether oxygens (including phenoxy) is 3. The van der Waals surface area contributed by atoms with Gasteiger partial charge in [0, 0.05) is 58.4 Å². The fraction of sp³-hybridized carbons (Fsp3) is 0.500. The maximum atomic E-state index is 6.13. The first kappa shape index (κ1) is 24.1. The SMILES string of the molecule is CN=C(NCc1ccc(C)cc1OCCCOC)NCC1CCCOC1c1ccccc1. The van der Waals surface area contributed by atoms with Crippen LogP contribution in [0.25, 0.3) is 0 Å². The molecule has 0 saturated carbocycles. The average molecular weight is 440 g/mol. The summed E-state index contributed by atoms with van der Waals surface area (Å²) in [6.07, 6.45) is 3.22. The molecule has 1 fully saturated rings. The van der Waals surface area contributed by atoms with Crippen LogP contribution in [0.5, 0.6) is 5.75 Å². The van der Waals surface area contributed by atoms with Crippen LogP contribution in [-0.2, 0) is 16.0 Å². The highest BCUT2D eigenvalue weighted by atomic mass is 16.5. The Morgan fingerprint density at radius 2 is 1.97 bits per heavy atom. The van der Waals surface area contributed by atoms with Gasteiger partial charge in [0.05, 0.1) is 12.7 Å². The zero-order valence-corrected chi connectivity index (χ0v) is 19.6. The number of guanidine groups is 1. The number of hydrogen-bond acceptors (Lipinski definition) is 4. The second kappa shape index (κ2) is 13.1. The molecule has 0 amide bonds. The van der Waals surface area contributed by atoms with Crippen molar-refractivity contribution in [2.24, 2.45) is 10.9 Å². The van der Waals surface area contributed by atoms with Crippen molar-refractivity contribution in [1.29, 1.82) is 0 Å². The normalized spacial score (nSPS) is 18.9. The zero-order valence-electron chi connectivity index (χ0n) is 19.6. The van der Waals surface area contributed by atoms with Crippen molar-refractivity contribution in [3.05, 3.63) is 65.2 Å². The Hall–Kier alpha value is -2.57. The molecule has 0 aliphatic carbocycles. The third-order valence-electron chi connectivity index (χ3n) is 5.75. The van der Waals surface area contributed by atoms with E-state index in [9.17, 15) is 0 Å². The van der Waals surface area contributed by atoms with Gasteiger partial charge in [-0.25, -0.2) is 0 Å². The van der Waals surface area contributed by atoms with Crippen LogP contribution in [0.1, 0.15) is 42.1 Å². The molecule has 2 aromatic carbocycles. The second-order valence-electron chi connectivity index (χ2n) is 8.22. The minimum atomic E-state index is 0.125. The summed E-state index contributed by atoms with van der Waals surface area (Å²) in [6.45, 7) is 5.69. The van der Waals surface area contributed by atoms with Crippen LogP contribution in [0, 0.1) is 12.8 Å². The molecule has 1 heterocycles. The fourth-order valence-electron chi connectivity index (χ4n) is 4.02. The largest absolute Gasteiger partial charge is 0.493 e. The van der Waals surface area contributed by atoms with Crippen LogP contribution in [0.15, 0.2) is 53.5 Å². The van der Waals surface area contributed by atoms with E-state index < -0.39 is 0 Å². The van der Waals surface area contributed by atoms with Crippen molar-refractivity contribution in [1.82, 2.24) is 10.6 Å². The first-order valence-corrected chi connectivity index (χ1v) is 11.5. The van der Waals surface area contributed by atoms with Crippen molar-refractivity contribution in [2.75, 3.05) is 40.5 Å². The van der Waals surface area contributed by atoms with E-state index in [1.807, 2.05) is 6.07 Å². The highest BCUT2D eigenvalue weighted by molar-refractivity contribution is 5.79. The molecule has 6 nitrogen and oxygen atoms in total. The summed E-state index contributed by atoms with van der Waals surface area (Å²) in [5.74, 6) is 2.10. The molecule has 0 bridgehead atoms. The topological polar surface area (TPSA) is 64.1 Å². The summed E-state index contributed by atoms with van der Waals surface area (Å²) in [7, 11) is 3.51. The number of nitrogens with one attached hydrogen (secondary N) is 2. The number of aryl methyl sites for hydroxylation is 1. The molecular weight excluding hydrogens is 402 g/mol. The predicted octanol–water partition coefficient (Wildman–Crippen LogP) is 4.24. The first-order valence-electron chi connectivity index (χ1n) is 11.5. The Balaban J connectivity index is 1.55. The van der Waals surface area contributed by atoms with E-state index in [4.69, 9.17) is 14.2 Å². The maximum Gasteiger partial charge on any atom is 0.191 e. The molecule has 0 spiro atoms. The van der Waals surface area contributed by atoms with E-state index in [-0.39, 0.29) is 6.10 Å². The zero-order chi connectivity index (χ0) is 22.6. The average Bonchev–Trinajstić information content (AvgIpc) is 2.83. The summed E-state index contributed by atoms with van der Waals surface area (Å²) >= 11 is 0. The van der Waals surface area contributed by atoms with Crippen molar-refractivity contribution in [3.63, 3.8) is 0 Å². The number of hydrogen-bond donors (Lipinski definition) is 2. The van der Waals surface area contributed by atoms with E-state index in [0.29, 0.717) is 25.7 Å². The van der Waals surface area contributed by atoms with Crippen LogP contribution in [0.3, 0.4) is 0 Å². The number of rotatable bonds is 10. The van der Waals surface area contributed by atoms with Gasteiger partial charge >= 0.3 is 0 Å². The van der Waals surface area contributed by atoms with Gasteiger partial charge in [-0.3, -0.25) is 4.99 Å². The van der Waals surface area contributed by atoms with Crippen LogP contribution in [0.4, 0.5) is 0 Å². The van der Waals surface area contributed by atoms with E-state index >= 15 is 0 Å². The molecule has 2 N–H and O–H groups in total. The van der Waals surface area contributed by atoms with E-state index in [1.165, 1.54) is 11.1 Å². The van der Waals surface area contributed by atoms with Gasteiger partial charge < -0.3 is 24.8 Å². The molecule has 0 aromatic heterocycles. The summed E-state index contributed by atoms with van der Waals surface area (Å²) in [4.78, 5) is 4.42. The Kier molecular flexibility index (Phi) is 9.85. The van der Waals surface area contributed by atoms with Crippen LogP contribution < -0.4 is 15.4 Å². The Morgan fingerprint density at radius 3 is 2.75 bits per heavy atom. The molecule has 1 saturated heterocycles. The van der Waals surface area contributed by atoms with Gasteiger partial charge in [-0.2, -0.15) is 0 Å². The first-order chi connectivity index (χ1) is 15.7. The van der Waals surface area contributed by atoms with Gasteiger partial charge in [-0.1, -0.05) is 42.5 Å². The summed E-state index contributed by atoms with van der Waals surface area (Å²) in [5.41, 5.74) is 3.54. The molecule has 6 heteroatoms. The Morgan fingerprint density at radius 1 is 1.12 bits per heavy atom. The van der Waals surface area contributed by atoms with Crippen molar-refractivity contribution in [2.45, 2.75) is 38.8 Å². The highest BCUT2D eigenvalue weighted by Gasteiger charge is 2.27. The lowest BCUT2D eigenvalue weighted by Gasteiger charge is -2.32. The molecule has 32 heavy (non-hydrogen) atoms. The molecule has 2 unspecified atom stereocenters. The fourth-order valence-corrected chi connectivity index (χ4v) is 4.02. The lowest BCUT2D eigenvalue weighted by atomic mass is 9.89. The van der Waals surface area contributed by atoms with Crippen molar-refractivity contribution in [3.8, 4) is 5.75 Å².